The van der Waals surface area contributed by atoms with E-state index in [9.17, 15) is 4.39 Å². The van der Waals surface area contributed by atoms with E-state index in [-0.39, 0.29) is 5.82 Å². The van der Waals surface area contributed by atoms with Crippen molar-refractivity contribution in [2.24, 2.45) is 0 Å². The highest BCUT2D eigenvalue weighted by Crippen LogP contribution is 2.29. The number of aryl methyl sites for hydroxylation is 1. The second kappa shape index (κ2) is 3.39. The Morgan fingerprint density at radius 1 is 1.50 bits per heavy atom. The van der Waals surface area contributed by atoms with Gasteiger partial charge in [0.25, 0.3) is 0 Å². The molecule has 0 radical (unpaired) electrons. The van der Waals surface area contributed by atoms with Crippen LogP contribution in [0.3, 0.4) is 0 Å². The minimum absolute atomic E-state index is 0.178. The molecule has 0 aliphatic heterocycles. The van der Waals surface area contributed by atoms with E-state index in [0.717, 1.165) is 15.8 Å². The lowest BCUT2D eigenvalue weighted by atomic mass is 10.0. The summed E-state index contributed by atoms with van der Waals surface area (Å²) >= 11 is 1.40. The number of nitriles is 1. The van der Waals surface area contributed by atoms with Gasteiger partial charge in [-0.15, -0.1) is 11.3 Å². The molecular weight excluding hydrogens is 197 g/mol. The van der Waals surface area contributed by atoms with Crippen molar-refractivity contribution in [1.29, 1.82) is 5.26 Å². The van der Waals surface area contributed by atoms with Crippen molar-refractivity contribution < 1.29 is 4.39 Å². The van der Waals surface area contributed by atoms with E-state index in [1.165, 1.54) is 16.7 Å². The first-order valence-corrected chi connectivity index (χ1v) is 5.14. The normalized spacial score (nSPS) is 10.4. The Hall–Kier alpha value is -1.40. The summed E-state index contributed by atoms with van der Waals surface area (Å²) in [6.45, 7) is 1.87. The molecule has 0 bridgehead atoms. The largest absolute Gasteiger partial charge is 0.205 e. The maximum atomic E-state index is 13.4. The smallest absolute Gasteiger partial charge is 0.142 e. The summed E-state index contributed by atoms with van der Waals surface area (Å²) in [6, 6.07) is 5.86. The summed E-state index contributed by atoms with van der Waals surface area (Å²) in [7, 11) is 0. The molecule has 0 amide bonds. The molecule has 1 heterocycles. The van der Waals surface area contributed by atoms with Crippen LogP contribution in [-0.2, 0) is 6.42 Å². The predicted molar refractivity (Wildman–Crippen MR) is 55.8 cm³/mol. The monoisotopic (exact) mass is 205 g/mol. The third-order valence-electron chi connectivity index (χ3n) is 2.34. The van der Waals surface area contributed by atoms with Gasteiger partial charge >= 0.3 is 0 Å². The molecule has 14 heavy (non-hydrogen) atoms. The number of benzene rings is 1. The predicted octanol–water partition coefficient (Wildman–Crippen LogP) is 3.41. The molecule has 1 aromatic heterocycles. The maximum Gasteiger partial charge on any atom is 0.142 e. The molecular formula is C11H8FNS. The summed E-state index contributed by atoms with van der Waals surface area (Å²) in [5.74, 6) is -0.178. The SMILES string of the molecule is Cc1c(CC#N)ccc2scc(F)c12. The molecule has 70 valence electrons. The van der Waals surface area contributed by atoms with E-state index < -0.39 is 0 Å². The summed E-state index contributed by atoms with van der Waals surface area (Å²) < 4.78 is 14.3. The minimum Gasteiger partial charge on any atom is -0.205 e. The Balaban J connectivity index is 2.74. The van der Waals surface area contributed by atoms with E-state index in [1.54, 1.807) is 0 Å². The van der Waals surface area contributed by atoms with Crippen molar-refractivity contribution in [2.45, 2.75) is 13.3 Å². The van der Waals surface area contributed by atoms with Gasteiger partial charge in [-0.05, 0) is 24.1 Å². The van der Waals surface area contributed by atoms with Gasteiger partial charge in [0.15, 0.2) is 0 Å². The standard InChI is InChI=1S/C11H8FNS/c1-7-8(4-5-13)2-3-10-11(7)9(12)6-14-10/h2-3,6H,4H2,1H3. The van der Waals surface area contributed by atoms with E-state index in [4.69, 9.17) is 5.26 Å². The van der Waals surface area contributed by atoms with Crippen molar-refractivity contribution >= 4 is 21.4 Å². The van der Waals surface area contributed by atoms with Crippen LogP contribution < -0.4 is 0 Å². The zero-order valence-electron chi connectivity index (χ0n) is 7.67. The van der Waals surface area contributed by atoms with Crippen LogP contribution in [0.25, 0.3) is 10.1 Å². The van der Waals surface area contributed by atoms with Gasteiger partial charge in [0.1, 0.15) is 5.82 Å². The van der Waals surface area contributed by atoms with Crippen molar-refractivity contribution in [2.75, 3.05) is 0 Å². The molecule has 0 aliphatic rings. The molecule has 0 aliphatic carbocycles. The second-order valence-electron chi connectivity index (χ2n) is 3.14. The molecule has 2 aromatic rings. The molecule has 0 spiro atoms. The van der Waals surface area contributed by atoms with Crippen LogP contribution in [0.2, 0.25) is 0 Å². The van der Waals surface area contributed by atoms with Gasteiger partial charge in [-0.25, -0.2) is 4.39 Å². The van der Waals surface area contributed by atoms with Crippen molar-refractivity contribution in [3.63, 3.8) is 0 Å². The molecule has 2 rings (SSSR count). The molecule has 1 aromatic carbocycles. The summed E-state index contributed by atoms with van der Waals surface area (Å²) in [5, 5.41) is 10.8. The van der Waals surface area contributed by atoms with Gasteiger partial charge in [-0.1, -0.05) is 6.07 Å². The molecule has 0 saturated carbocycles. The second-order valence-corrected chi connectivity index (χ2v) is 4.05. The van der Waals surface area contributed by atoms with Gasteiger partial charge in [-0.3, -0.25) is 0 Å². The lowest BCUT2D eigenvalue weighted by Gasteiger charge is -2.02. The number of rotatable bonds is 1. The fourth-order valence-electron chi connectivity index (χ4n) is 1.58. The Morgan fingerprint density at radius 3 is 3.00 bits per heavy atom. The zero-order valence-corrected chi connectivity index (χ0v) is 8.49. The van der Waals surface area contributed by atoms with E-state index >= 15 is 0 Å². The average Bonchev–Trinajstić information content (AvgIpc) is 2.54. The van der Waals surface area contributed by atoms with Crippen molar-refractivity contribution in [3.05, 3.63) is 34.5 Å². The fraction of sp³-hybridized carbons (Fsp3) is 0.182. The first-order valence-electron chi connectivity index (χ1n) is 4.26. The van der Waals surface area contributed by atoms with Gasteiger partial charge in [0, 0.05) is 15.5 Å². The molecule has 0 saturated heterocycles. The van der Waals surface area contributed by atoms with Gasteiger partial charge in [-0.2, -0.15) is 5.26 Å². The average molecular weight is 205 g/mol. The quantitative estimate of drug-likeness (QED) is 0.699. The molecule has 0 atom stereocenters. The number of hydrogen-bond donors (Lipinski definition) is 0. The highest BCUT2D eigenvalue weighted by molar-refractivity contribution is 7.17. The lowest BCUT2D eigenvalue weighted by Crippen LogP contribution is -1.88. The topological polar surface area (TPSA) is 23.8 Å². The molecule has 3 heteroatoms. The van der Waals surface area contributed by atoms with E-state index in [0.29, 0.717) is 11.8 Å². The van der Waals surface area contributed by atoms with Gasteiger partial charge < -0.3 is 0 Å². The molecule has 0 fully saturated rings. The van der Waals surface area contributed by atoms with Gasteiger partial charge in [0.2, 0.25) is 0 Å². The fourth-order valence-corrected chi connectivity index (χ4v) is 2.44. The number of nitrogens with zero attached hydrogens (tertiary/aromatic N) is 1. The number of fused-ring (bicyclic) bond motifs is 1. The third-order valence-corrected chi connectivity index (χ3v) is 3.26. The Labute approximate surface area is 85.4 Å². The minimum atomic E-state index is -0.178. The van der Waals surface area contributed by atoms with Crippen LogP contribution in [0.5, 0.6) is 0 Å². The first-order chi connectivity index (χ1) is 6.74. The van der Waals surface area contributed by atoms with Crippen LogP contribution in [0.15, 0.2) is 17.5 Å². The maximum absolute atomic E-state index is 13.4. The summed E-state index contributed by atoms with van der Waals surface area (Å²) in [4.78, 5) is 0. The van der Waals surface area contributed by atoms with Crippen LogP contribution in [0.4, 0.5) is 4.39 Å². The van der Waals surface area contributed by atoms with E-state index in [2.05, 4.69) is 6.07 Å². The highest BCUT2D eigenvalue weighted by Gasteiger charge is 2.09. The third kappa shape index (κ3) is 1.28. The first kappa shape index (κ1) is 9.17. The highest BCUT2D eigenvalue weighted by atomic mass is 32.1. The van der Waals surface area contributed by atoms with Crippen molar-refractivity contribution in [3.8, 4) is 6.07 Å². The van der Waals surface area contributed by atoms with E-state index in [1.807, 2.05) is 19.1 Å². The molecule has 0 unspecified atom stereocenters. The number of halogens is 1. The molecule has 0 N–H and O–H groups in total. The van der Waals surface area contributed by atoms with Crippen LogP contribution in [0.1, 0.15) is 11.1 Å². The summed E-state index contributed by atoms with van der Waals surface area (Å²) in [5.41, 5.74) is 1.81. The van der Waals surface area contributed by atoms with Gasteiger partial charge in [0.05, 0.1) is 12.5 Å². The Bertz CT molecular complexity index is 522. The Morgan fingerprint density at radius 2 is 2.29 bits per heavy atom. The number of hydrogen-bond acceptors (Lipinski definition) is 2. The van der Waals surface area contributed by atoms with Crippen LogP contribution in [-0.4, -0.2) is 0 Å². The number of thiophene rings is 1. The zero-order chi connectivity index (χ0) is 10.1. The Kier molecular flexibility index (Phi) is 2.22. The lowest BCUT2D eigenvalue weighted by molar-refractivity contribution is 0.643. The van der Waals surface area contributed by atoms with Crippen LogP contribution >= 0.6 is 11.3 Å². The van der Waals surface area contributed by atoms with Crippen LogP contribution in [0, 0.1) is 24.1 Å². The van der Waals surface area contributed by atoms with Crippen molar-refractivity contribution in [1.82, 2.24) is 0 Å². The summed E-state index contributed by atoms with van der Waals surface area (Å²) in [6.07, 6.45) is 0.344. The molecule has 1 nitrogen and oxygen atoms in total.